The number of anilines is 1. The van der Waals surface area contributed by atoms with Gasteiger partial charge in [-0.1, -0.05) is 19.9 Å². The van der Waals surface area contributed by atoms with Crippen molar-refractivity contribution in [3.05, 3.63) is 47.4 Å². The van der Waals surface area contributed by atoms with Gasteiger partial charge < -0.3 is 5.73 Å². The predicted octanol–water partition coefficient (Wildman–Crippen LogP) is 3.49. The van der Waals surface area contributed by atoms with Crippen LogP contribution in [0.15, 0.2) is 35.7 Å². The maximum atomic E-state index is 5.99. The molecule has 0 aliphatic heterocycles. The van der Waals surface area contributed by atoms with E-state index in [4.69, 9.17) is 5.73 Å². The van der Waals surface area contributed by atoms with Gasteiger partial charge in [0.15, 0.2) is 0 Å². The molecule has 2 aromatic rings. The van der Waals surface area contributed by atoms with E-state index in [9.17, 15) is 0 Å². The van der Waals surface area contributed by atoms with Crippen LogP contribution in [0.2, 0.25) is 0 Å². The smallest absolute Gasteiger partial charge is 0.116 e. The Morgan fingerprint density at radius 1 is 1.30 bits per heavy atom. The first-order chi connectivity index (χ1) is 9.53. The fraction of sp³-hybridized carbons (Fsp3) is 0.375. The van der Waals surface area contributed by atoms with Crippen molar-refractivity contribution in [3.63, 3.8) is 0 Å². The van der Waals surface area contributed by atoms with Crippen molar-refractivity contribution < 1.29 is 0 Å². The number of benzene rings is 1. The zero-order valence-corrected chi connectivity index (χ0v) is 12.9. The summed E-state index contributed by atoms with van der Waals surface area (Å²) in [6.07, 6.45) is 6.71. The van der Waals surface area contributed by atoms with Gasteiger partial charge in [0, 0.05) is 23.4 Å². The van der Waals surface area contributed by atoms with Crippen LogP contribution in [0, 0.1) is 5.41 Å². The number of thioether (sulfide) groups is 1. The number of hydrogen-bond acceptors (Lipinski definition) is 4. The van der Waals surface area contributed by atoms with Gasteiger partial charge in [-0.05, 0) is 41.4 Å². The summed E-state index contributed by atoms with van der Waals surface area (Å²) in [7, 11) is 0. The molecule has 3 nitrogen and oxygen atoms in total. The molecule has 1 heterocycles. The van der Waals surface area contributed by atoms with Crippen molar-refractivity contribution >= 4 is 17.4 Å². The van der Waals surface area contributed by atoms with Crippen molar-refractivity contribution in [1.29, 1.82) is 0 Å². The minimum atomic E-state index is 0.158. The van der Waals surface area contributed by atoms with E-state index in [2.05, 4.69) is 42.2 Å². The van der Waals surface area contributed by atoms with Crippen LogP contribution in [0.3, 0.4) is 0 Å². The lowest BCUT2D eigenvalue weighted by atomic mass is 9.76. The summed E-state index contributed by atoms with van der Waals surface area (Å²) in [6, 6.07) is 6.27. The molecule has 0 fully saturated rings. The second-order valence-corrected chi connectivity index (χ2v) is 6.84. The fourth-order valence-corrected chi connectivity index (χ4v) is 3.90. The molecule has 0 radical (unpaired) electrons. The SMILES string of the molecule is CSc1ncncc1C1c2cc(N)ccc2CC1(C)C. The number of nitrogen functional groups attached to an aromatic ring is 1. The maximum absolute atomic E-state index is 5.99. The summed E-state index contributed by atoms with van der Waals surface area (Å²) >= 11 is 1.68. The Bertz CT molecular complexity index is 652. The van der Waals surface area contributed by atoms with E-state index >= 15 is 0 Å². The second-order valence-electron chi connectivity index (χ2n) is 6.04. The van der Waals surface area contributed by atoms with Gasteiger partial charge in [-0.3, -0.25) is 0 Å². The Morgan fingerprint density at radius 2 is 2.10 bits per heavy atom. The van der Waals surface area contributed by atoms with Gasteiger partial charge in [0.1, 0.15) is 11.4 Å². The van der Waals surface area contributed by atoms with Crippen LogP contribution >= 0.6 is 11.8 Å². The molecule has 0 saturated heterocycles. The van der Waals surface area contributed by atoms with Gasteiger partial charge in [-0.2, -0.15) is 0 Å². The number of nitrogens with two attached hydrogens (primary N) is 1. The largest absolute Gasteiger partial charge is 0.399 e. The van der Waals surface area contributed by atoms with Gasteiger partial charge in [0.25, 0.3) is 0 Å². The highest BCUT2D eigenvalue weighted by atomic mass is 32.2. The van der Waals surface area contributed by atoms with E-state index in [1.54, 1.807) is 18.1 Å². The predicted molar refractivity (Wildman–Crippen MR) is 84.0 cm³/mol. The number of rotatable bonds is 2. The highest BCUT2D eigenvalue weighted by molar-refractivity contribution is 7.98. The Hall–Kier alpha value is -1.55. The molecule has 0 saturated carbocycles. The lowest BCUT2D eigenvalue weighted by Gasteiger charge is -2.28. The van der Waals surface area contributed by atoms with Gasteiger partial charge >= 0.3 is 0 Å². The van der Waals surface area contributed by atoms with Gasteiger partial charge in [0.2, 0.25) is 0 Å². The van der Waals surface area contributed by atoms with Crippen LogP contribution < -0.4 is 5.73 Å². The number of nitrogens with zero attached hydrogens (tertiary/aromatic N) is 2. The third kappa shape index (κ3) is 2.08. The van der Waals surface area contributed by atoms with Crippen LogP contribution in [0.5, 0.6) is 0 Å². The molecule has 4 heteroatoms. The van der Waals surface area contributed by atoms with Crippen LogP contribution in [-0.4, -0.2) is 16.2 Å². The number of aromatic nitrogens is 2. The van der Waals surface area contributed by atoms with Crippen molar-refractivity contribution in [3.8, 4) is 0 Å². The molecule has 0 bridgehead atoms. The maximum Gasteiger partial charge on any atom is 0.116 e. The molecule has 104 valence electrons. The molecule has 1 aliphatic rings. The molecule has 1 aliphatic carbocycles. The highest BCUT2D eigenvalue weighted by Crippen LogP contribution is 2.51. The third-order valence-electron chi connectivity index (χ3n) is 4.12. The first-order valence-electron chi connectivity index (χ1n) is 6.75. The molecule has 3 rings (SSSR count). The molecule has 1 unspecified atom stereocenters. The van der Waals surface area contributed by atoms with E-state index in [-0.39, 0.29) is 5.41 Å². The van der Waals surface area contributed by atoms with Crippen molar-refractivity contribution in [2.45, 2.75) is 31.2 Å². The van der Waals surface area contributed by atoms with E-state index in [1.165, 1.54) is 16.7 Å². The van der Waals surface area contributed by atoms with Crippen molar-refractivity contribution in [2.24, 2.45) is 5.41 Å². The average Bonchev–Trinajstić information content (AvgIpc) is 2.68. The zero-order valence-electron chi connectivity index (χ0n) is 12.1. The number of hydrogen-bond donors (Lipinski definition) is 1. The zero-order chi connectivity index (χ0) is 14.3. The average molecular weight is 285 g/mol. The van der Waals surface area contributed by atoms with E-state index in [0.29, 0.717) is 5.92 Å². The molecular weight excluding hydrogens is 266 g/mol. The quantitative estimate of drug-likeness (QED) is 0.521. The van der Waals surface area contributed by atoms with Crippen molar-refractivity contribution in [1.82, 2.24) is 9.97 Å². The Kier molecular flexibility index (Phi) is 3.21. The molecule has 0 spiro atoms. The summed E-state index contributed by atoms with van der Waals surface area (Å²) in [4.78, 5) is 8.67. The minimum absolute atomic E-state index is 0.158. The Morgan fingerprint density at radius 3 is 2.85 bits per heavy atom. The Balaban J connectivity index is 2.19. The monoisotopic (exact) mass is 285 g/mol. The topological polar surface area (TPSA) is 51.8 Å². The van der Waals surface area contributed by atoms with Gasteiger partial charge in [-0.15, -0.1) is 11.8 Å². The van der Waals surface area contributed by atoms with Gasteiger partial charge in [0.05, 0.1) is 0 Å². The van der Waals surface area contributed by atoms with Crippen LogP contribution in [-0.2, 0) is 6.42 Å². The standard InChI is InChI=1S/C16H19N3S/c1-16(2)7-10-4-5-11(17)6-12(10)14(16)13-8-18-9-19-15(13)20-3/h4-6,8-9,14H,7,17H2,1-3H3. The van der Waals surface area contributed by atoms with E-state index < -0.39 is 0 Å². The normalized spacial score (nSPS) is 19.9. The van der Waals surface area contributed by atoms with E-state index in [0.717, 1.165) is 17.1 Å². The molecule has 1 atom stereocenters. The van der Waals surface area contributed by atoms with E-state index in [1.807, 2.05) is 12.3 Å². The summed E-state index contributed by atoms with van der Waals surface area (Å²) in [5, 5.41) is 1.06. The summed E-state index contributed by atoms with van der Waals surface area (Å²) in [5.41, 5.74) is 10.9. The van der Waals surface area contributed by atoms with Gasteiger partial charge in [-0.25, -0.2) is 9.97 Å². The van der Waals surface area contributed by atoms with Crippen LogP contribution in [0.25, 0.3) is 0 Å². The lowest BCUT2D eigenvalue weighted by Crippen LogP contribution is -2.20. The third-order valence-corrected chi connectivity index (χ3v) is 4.84. The molecule has 2 N–H and O–H groups in total. The molecular formula is C16H19N3S. The van der Waals surface area contributed by atoms with Crippen LogP contribution in [0.1, 0.15) is 36.5 Å². The van der Waals surface area contributed by atoms with Crippen molar-refractivity contribution in [2.75, 3.05) is 12.0 Å². The fourth-order valence-electron chi connectivity index (χ4n) is 3.34. The minimum Gasteiger partial charge on any atom is -0.399 e. The summed E-state index contributed by atoms with van der Waals surface area (Å²) < 4.78 is 0. The highest BCUT2D eigenvalue weighted by Gasteiger charge is 2.41. The van der Waals surface area contributed by atoms with Crippen LogP contribution in [0.4, 0.5) is 5.69 Å². The second kappa shape index (κ2) is 4.77. The summed E-state index contributed by atoms with van der Waals surface area (Å²) in [5.74, 6) is 0.310. The Labute approximate surface area is 124 Å². The molecule has 1 aromatic carbocycles. The molecule has 20 heavy (non-hydrogen) atoms. The first-order valence-corrected chi connectivity index (χ1v) is 7.97. The first kappa shape index (κ1) is 13.4. The summed E-state index contributed by atoms with van der Waals surface area (Å²) in [6.45, 7) is 4.62. The molecule has 1 aromatic heterocycles. The molecule has 0 amide bonds. The number of fused-ring (bicyclic) bond motifs is 1. The lowest BCUT2D eigenvalue weighted by molar-refractivity contribution is 0.342.